The lowest BCUT2D eigenvalue weighted by Crippen LogP contribution is -1.98. The molecule has 4 heteroatoms. The Labute approximate surface area is 101 Å². The first kappa shape index (κ1) is 10.8. The number of halogens is 1. The summed E-state index contributed by atoms with van der Waals surface area (Å²) < 4.78 is 1.03. The SMILES string of the molecule is Cc1cncc(C(O)c2ccc(Br)s2)c1. The van der Waals surface area contributed by atoms with Crippen molar-refractivity contribution in [2.75, 3.05) is 0 Å². The minimum atomic E-state index is -0.575. The summed E-state index contributed by atoms with van der Waals surface area (Å²) in [5.41, 5.74) is 1.89. The lowest BCUT2D eigenvalue weighted by molar-refractivity contribution is 0.223. The van der Waals surface area contributed by atoms with Crippen molar-refractivity contribution in [1.29, 1.82) is 0 Å². The molecule has 1 N–H and O–H groups in total. The van der Waals surface area contributed by atoms with Crippen molar-refractivity contribution in [3.8, 4) is 0 Å². The summed E-state index contributed by atoms with van der Waals surface area (Å²) in [6.45, 7) is 1.97. The van der Waals surface area contributed by atoms with Gasteiger partial charge in [-0.1, -0.05) is 6.07 Å². The minimum absolute atomic E-state index is 0.575. The summed E-state index contributed by atoms with van der Waals surface area (Å²) in [4.78, 5) is 5.00. The third kappa shape index (κ3) is 2.45. The zero-order valence-electron chi connectivity index (χ0n) is 8.14. The van der Waals surface area contributed by atoms with Gasteiger partial charge in [-0.05, 0) is 40.5 Å². The Hall–Kier alpha value is -0.710. The monoisotopic (exact) mass is 283 g/mol. The van der Waals surface area contributed by atoms with Gasteiger partial charge >= 0.3 is 0 Å². The van der Waals surface area contributed by atoms with Crippen LogP contribution < -0.4 is 0 Å². The maximum Gasteiger partial charge on any atom is 0.115 e. The van der Waals surface area contributed by atoms with Crippen LogP contribution >= 0.6 is 27.3 Å². The standard InChI is InChI=1S/C11H10BrNOS/c1-7-4-8(6-13-5-7)11(14)9-2-3-10(12)15-9/h2-6,11,14H,1H3. The maximum absolute atomic E-state index is 10.1. The number of aromatic nitrogens is 1. The smallest absolute Gasteiger partial charge is 0.115 e. The van der Waals surface area contributed by atoms with Gasteiger partial charge < -0.3 is 5.11 Å². The molecule has 0 radical (unpaired) electrons. The lowest BCUT2D eigenvalue weighted by atomic mass is 10.1. The van der Waals surface area contributed by atoms with Crippen molar-refractivity contribution in [2.45, 2.75) is 13.0 Å². The lowest BCUT2D eigenvalue weighted by Gasteiger charge is -2.08. The van der Waals surface area contributed by atoms with Crippen LogP contribution in [0.25, 0.3) is 0 Å². The van der Waals surface area contributed by atoms with Gasteiger partial charge in [-0.25, -0.2) is 0 Å². The van der Waals surface area contributed by atoms with E-state index in [9.17, 15) is 5.11 Å². The molecule has 1 unspecified atom stereocenters. The van der Waals surface area contributed by atoms with E-state index in [0.29, 0.717) is 0 Å². The highest BCUT2D eigenvalue weighted by Crippen LogP contribution is 2.30. The number of hydrogen-bond donors (Lipinski definition) is 1. The van der Waals surface area contributed by atoms with E-state index in [1.807, 2.05) is 25.1 Å². The van der Waals surface area contributed by atoms with Crippen LogP contribution in [0.2, 0.25) is 0 Å². The van der Waals surface area contributed by atoms with Gasteiger partial charge in [0, 0.05) is 22.8 Å². The van der Waals surface area contributed by atoms with Crippen LogP contribution in [0, 0.1) is 6.92 Å². The molecule has 0 bridgehead atoms. The summed E-state index contributed by atoms with van der Waals surface area (Å²) in [7, 11) is 0. The van der Waals surface area contributed by atoms with Gasteiger partial charge in [0.2, 0.25) is 0 Å². The Kier molecular flexibility index (Phi) is 3.19. The molecule has 2 rings (SSSR count). The molecule has 0 saturated heterocycles. The number of hydrogen-bond acceptors (Lipinski definition) is 3. The van der Waals surface area contributed by atoms with Gasteiger partial charge in [-0.15, -0.1) is 11.3 Å². The number of pyridine rings is 1. The fourth-order valence-electron chi connectivity index (χ4n) is 1.37. The Morgan fingerprint density at radius 3 is 2.80 bits per heavy atom. The molecule has 2 aromatic heterocycles. The third-order valence-electron chi connectivity index (χ3n) is 2.08. The van der Waals surface area contributed by atoms with Crippen LogP contribution in [0.3, 0.4) is 0 Å². The topological polar surface area (TPSA) is 33.1 Å². The Morgan fingerprint density at radius 2 is 2.20 bits per heavy atom. The minimum Gasteiger partial charge on any atom is -0.383 e. The summed E-state index contributed by atoms with van der Waals surface area (Å²) in [5, 5.41) is 10.1. The van der Waals surface area contributed by atoms with Crippen LogP contribution in [0.4, 0.5) is 0 Å². The van der Waals surface area contributed by atoms with Gasteiger partial charge in [0.1, 0.15) is 6.10 Å². The second kappa shape index (κ2) is 4.43. The van der Waals surface area contributed by atoms with Gasteiger partial charge in [-0.3, -0.25) is 4.98 Å². The number of thiophene rings is 1. The zero-order chi connectivity index (χ0) is 10.8. The van der Waals surface area contributed by atoms with E-state index >= 15 is 0 Å². The molecular formula is C11H10BrNOS. The third-order valence-corrected chi connectivity index (χ3v) is 3.75. The predicted molar refractivity (Wildman–Crippen MR) is 65.1 cm³/mol. The largest absolute Gasteiger partial charge is 0.383 e. The molecule has 2 heterocycles. The van der Waals surface area contributed by atoms with Gasteiger partial charge in [0.25, 0.3) is 0 Å². The van der Waals surface area contributed by atoms with Crippen molar-refractivity contribution in [1.82, 2.24) is 4.98 Å². The van der Waals surface area contributed by atoms with Crippen molar-refractivity contribution in [2.24, 2.45) is 0 Å². The van der Waals surface area contributed by atoms with Crippen LogP contribution in [0.5, 0.6) is 0 Å². The summed E-state index contributed by atoms with van der Waals surface area (Å²) in [6.07, 6.45) is 2.90. The van der Waals surface area contributed by atoms with Crippen molar-refractivity contribution in [3.05, 3.63) is 50.4 Å². The fourth-order valence-corrected chi connectivity index (χ4v) is 2.81. The quantitative estimate of drug-likeness (QED) is 0.918. The molecule has 1 atom stereocenters. The van der Waals surface area contributed by atoms with Crippen LogP contribution in [0.15, 0.2) is 34.4 Å². The molecular weight excluding hydrogens is 274 g/mol. The Balaban J connectivity index is 2.32. The van der Waals surface area contributed by atoms with Crippen LogP contribution in [-0.4, -0.2) is 10.1 Å². The number of aryl methyl sites for hydroxylation is 1. The fraction of sp³-hybridized carbons (Fsp3) is 0.182. The average Bonchev–Trinajstić information content (AvgIpc) is 2.64. The van der Waals surface area contributed by atoms with E-state index in [1.165, 1.54) is 11.3 Å². The molecule has 0 saturated carbocycles. The Morgan fingerprint density at radius 1 is 1.40 bits per heavy atom. The van der Waals surface area contributed by atoms with Gasteiger partial charge in [-0.2, -0.15) is 0 Å². The highest BCUT2D eigenvalue weighted by atomic mass is 79.9. The molecule has 78 valence electrons. The first-order chi connectivity index (χ1) is 7.16. The molecule has 0 aliphatic carbocycles. The zero-order valence-corrected chi connectivity index (χ0v) is 10.5. The predicted octanol–water partition coefficient (Wildman–Crippen LogP) is 3.30. The summed E-state index contributed by atoms with van der Waals surface area (Å²) >= 11 is 4.91. The first-order valence-corrected chi connectivity index (χ1v) is 6.12. The van der Waals surface area contributed by atoms with Crippen LogP contribution in [0.1, 0.15) is 22.1 Å². The number of aliphatic hydroxyl groups excluding tert-OH is 1. The molecule has 15 heavy (non-hydrogen) atoms. The second-order valence-electron chi connectivity index (χ2n) is 3.34. The molecule has 0 fully saturated rings. The molecule has 0 spiro atoms. The molecule has 0 amide bonds. The van der Waals surface area contributed by atoms with E-state index in [4.69, 9.17) is 0 Å². The van der Waals surface area contributed by atoms with Crippen LogP contribution in [-0.2, 0) is 0 Å². The van der Waals surface area contributed by atoms with E-state index in [1.54, 1.807) is 12.4 Å². The van der Waals surface area contributed by atoms with E-state index < -0.39 is 6.10 Å². The van der Waals surface area contributed by atoms with Crippen molar-refractivity contribution < 1.29 is 5.11 Å². The molecule has 2 aromatic rings. The van der Waals surface area contributed by atoms with E-state index in [0.717, 1.165) is 19.8 Å². The number of rotatable bonds is 2. The summed E-state index contributed by atoms with van der Waals surface area (Å²) in [5.74, 6) is 0. The van der Waals surface area contributed by atoms with E-state index in [2.05, 4.69) is 20.9 Å². The van der Waals surface area contributed by atoms with Crippen molar-refractivity contribution >= 4 is 27.3 Å². The highest BCUT2D eigenvalue weighted by molar-refractivity contribution is 9.11. The highest BCUT2D eigenvalue weighted by Gasteiger charge is 2.12. The average molecular weight is 284 g/mol. The summed E-state index contributed by atoms with van der Waals surface area (Å²) in [6, 6.07) is 5.81. The number of nitrogens with zero attached hydrogens (tertiary/aromatic N) is 1. The number of aliphatic hydroxyl groups is 1. The Bertz CT molecular complexity index is 469. The van der Waals surface area contributed by atoms with Crippen molar-refractivity contribution in [3.63, 3.8) is 0 Å². The second-order valence-corrected chi connectivity index (χ2v) is 5.83. The van der Waals surface area contributed by atoms with E-state index in [-0.39, 0.29) is 0 Å². The normalized spacial score (nSPS) is 12.7. The molecule has 0 aliphatic heterocycles. The molecule has 2 nitrogen and oxygen atoms in total. The van der Waals surface area contributed by atoms with Gasteiger partial charge in [0.05, 0.1) is 3.79 Å². The maximum atomic E-state index is 10.1. The first-order valence-electron chi connectivity index (χ1n) is 4.51. The molecule has 0 aromatic carbocycles. The van der Waals surface area contributed by atoms with Gasteiger partial charge in [0.15, 0.2) is 0 Å². The molecule has 0 aliphatic rings.